The first kappa shape index (κ1) is 19.0. The smallest absolute Gasteiger partial charge is 0.274 e. The second-order valence-corrected chi connectivity index (χ2v) is 8.29. The van der Waals surface area contributed by atoms with E-state index in [0.717, 1.165) is 28.6 Å². The van der Waals surface area contributed by atoms with Crippen LogP contribution in [0.25, 0.3) is 10.2 Å². The van der Waals surface area contributed by atoms with E-state index in [1.54, 1.807) is 36.6 Å². The Kier molecular flexibility index (Phi) is 5.42. The largest absolute Gasteiger partial charge is 0.496 e. The van der Waals surface area contributed by atoms with Gasteiger partial charge in [0.2, 0.25) is 0 Å². The number of thiazole rings is 1. The van der Waals surface area contributed by atoms with Crippen LogP contribution in [0.4, 0.5) is 0 Å². The zero-order chi connectivity index (χ0) is 19.7. The van der Waals surface area contributed by atoms with Crippen molar-refractivity contribution in [1.29, 1.82) is 0 Å². The highest BCUT2D eigenvalue weighted by atomic mass is 35.5. The van der Waals surface area contributed by atoms with Crippen molar-refractivity contribution in [3.05, 3.63) is 52.5 Å². The van der Waals surface area contributed by atoms with E-state index in [4.69, 9.17) is 21.1 Å². The summed E-state index contributed by atoms with van der Waals surface area (Å²) in [7, 11) is 1.56. The molecule has 1 amide bonds. The number of methoxy groups -OCH3 is 1. The molecule has 1 aliphatic heterocycles. The second kappa shape index (κ2) is 7.97. The van der Waals surface area contributed by atoms with Gasteiger partial charge in [0.15, 0.2) is 0 Å². The molecular formula is C21H21ClN2O3S. The van der Waals surface area contributed by atoms with E-state index in [2.05, 4.69) is 24.0 Å². The van der Waals surface area contributed by atoms with Crippen LogP contribution in [0.5, 0.6) is 10.9 Å². The van der Waals surface area contributed by atoms with Crippen LogP contribution in [-0.2, 0) is 0 Å². The molecule has 0 saturated carbocycles. The molecule has 0 radical (unpaired) electrons. The standard InChI is InChI=1S/C21H21ClN2O3S/c1-13-4-3-5-18-19(13)23-21(28-18)27-15-8-10-24(11-9-15)20(25)16-12-14(22)6-7-17(16)26-2/h3-7,12,15H,8-11H2,1-2H3. The maximum atomic E-state index is 12.9. The van der Waals surface area contributed by atoms with Gasteiger partial charge in [0.1, 0.15) is 11.9 Å². The van der Waals surface area contributed by atoms with Gasteiger partial charge in [0.05, 0.1) is 22.9 Å². The average Bonchev–Trinajstić information content (AvgIpc) is 3.12. The van der Waals surface area contributed by atoms with Gasteiger partial charge in [-0.2, -0.15) is 0 Å². The van der Waals surface area contributed by atoms with Crippen molar-refractivity contribution in [3.63, 3.8) is 0 Å². The van der Waals surface area contributed by atoms with Gasteiger partial charge in [0.25, 0.3) is 11.1 Å². The van der Waals surface area contributed by atoms with Crippen molar-refractivity contribution >= 4 is 39.1 Å². The summed E-state index contributed by atoms with van der Waals surface area (Å²) in [5, 5.41) is 1.22. The number of piperidine rings is 1. The van der Waals surface area contributed by atoms with Crippen LogP contribution >= 0.6 is 22.9 Å². The highest BCUT2D eigenvalue weighted by Gasteiger charge is 2.27. The fourth-order valence-electron chi connectivity index (χ4n) is 3.45. The van der Waals surface area contributed by atoms with E-state index in [0.29, 0.717) is 34.6 Å². The van der Waals surface area contributed by atoms with Gasteiger partial charge in [-0.25, -0.2) is 4.98 Å². The summed E-state index contributed by atoms with van der Waals surface area (Å²) in [6, 6.07) is 11.3. The molecule has 2 aromatic carbocycles. The van der Waals surface area contributed by atoms with Crippen molar-refractivity contribution in [3.8, 4) is 10.9 Å². The molecular weight excluding hydrogens is 396 g/mol. The Morgan fingerprint density at radius 1 is 1.25 bits per heavy atom. The van der Waals surface area contributed by atoms with Crippen LogP contribution in [0.15, 0.2) is 36.4 Å². The zero-order valence-electron chi connectivity index (χ0n) is 15.8. The van der Waals surface area contributed by atoms with Gasteiger partial charge < -0.3 is 14.4 Å². The predicted molar refractivity (Wildman–Crippen MR) is 112 cm³/mol. The molecule has 146 valence electrons. The van der Waals surface area contributed by atoms with Crippen LogP contribution in [0, 0.1) is 6.92 Å². The van der Waals surface area contributed by atoms with E-state index in [9.17, 15) is 4.79 Å². The van der Waals surface area contributed by atoms with Crippen molar-refractivity contribution < 1.29 is 14.3 Å². The normalized spacial score (nSPS) is 15.0. The fraction of sp³-hybridized carbons (Fsp3) is 0.333. The lowest BCUT2D eigenvalue weighted by molar-refractivity contribution is 0.0592. The number of rotatable bonds is 4. The van der Waals surface area contributed by atoms with Crippen LogP contribution in [-0.4, -0.2) is 42.1 Å². The Hall–Kier alpha value is -2.31. The number of fused-ring (bicyclic) bond motifs is 1. The number of ether oxygens (including phenoxy) is 2. The van der Waals surface area contributed by atoms with Crippen LogP contribution < -0.4 is 9.47 Å². The molecule has 5 nitrogen and oxygen atoms in total. The van der Waals surface area contributed by atoms with Crippen molar-refractivity contribution in [1.82, 2.24) is 9.88 Å². The number of amides is 1. The third kappa shape index (κ3) is 3.80. The summed E-state index contributed by atoms with van der Waals surface area (Å²) in [5.74, 6) is 0.478. The molecule has 1 aliphatic rings. The molecule has 0 aliphatic carbocycles. The van der Waals surface area contributed by atoms with Gasteiger partial charge in [-0.05, 0) is 36.8 Å². The maximum absolute atomic E-state index is 12.9. The lowest BCUT2D eigenvalue weighted by Crippen LogP contribution is -2.41. The molecule has 0 spiro atoms. The number of carbonyl (C=O) groups is 1. The van der Waals surface area contributed by atoms with E-state index in [-0.39, 0.29) is 12.0 Å². The third-order valence-electron chi connectivity index (χ3n) is 4.99. The Labute approximate surface area is 172 Å². The number of hydrogen-bond donors (Lipinski definition) is 0. The number of nitrogens with zero attached hydrogens (tertiary/aromatic N) is 2. The Morgan fingerprint density at radius 3 is 2.75 bits per heavy atom. The zero-order valence-corrected chi connectivity index (χ0v) is 17.3. The topological polar surface area (TPSA) is 51.7 Å². The number of para-hydroxylation sites is 1. The Balaban J connectivity index is 1.41. The van der Waals surface area contributed by atoms with Crippen molar-refractivity contribution in [2.75, 3.05) is 20.2 Å². The molecule has 1 saturated heterocycles. The van der Waals surface area contributed by atoms with Gasteiger partial charge in [0, 0.05) is 31.0 Å². The minimum atomic E-state index is -0.0617. The maximum Gasteiger partial charge on any atom is 0.274 e. The van der Waals surface area contributed by atoms with Crippen LogP contribution in [0.3, 0.4) is 0 Å². The molecule has 0 bridgehead atoms. The SMILES string of the molecule is COc1ccc(Cl)cc1C(=O)N1CCC(Oc2nc3c(C)cccc3s2)CC1. The van der Waals surface area contributed by atoms with Gasteiger partial charge >= 0.3 is 0 Å². The van der Waals surface area contributed by atoms with E-state index >= 15 is 0 Å². The van der Waals surface area contributed by atoms with Gasteiger partial charge in [-0.1, -0.05) is 35.1 Å². The van der Waals surface area contributed by atoms with E-state index in [1.807, 2.05) is 11.0 Å². The quantitative estimate of drug-likeness (QED) is 0.603. The van der Waals surface area contributed by atoms with Gasteiger partial charge in [-0.15, -0.1) is 0 Å². The molecule has 1 aromatic heterocycles. The predicted octanol–water partition coefficient (Wildman–Crippen LogP) is 4.95. The molecule has 28 heavy (non-hydrogen) atoms. The molecule has 4 rings (SSSR count). The fourth-order valence-corrected chi connectivity index (χ4v) is 4.58. The molecule has 0 N–H and O–H groups in total. The number of aromatic nitrogens is 1. The van der Waals surface area contributed by atoms with Crippen molar-refractivity contribution in [2.24, 2.45) is 0 Å². The monoisotopic (exact) mass is 416 g/mol. The first-order valence-electron chi connectivity index (χ1n) is 9.21. The third-order valence-corrected chi connectivity index (χ3v) is 6.14. The molecule has 7 heteroatoms. The number of carbonyl (C=O) groups excluding carboxylic acids is 1. The molecule has 0 atom stereocenters. The Morgan fingerprint density at radius 2 is 2.04 bits per heavy atom. The first-order chi connectivity index (χ1) is 13.5. The molecule has 3 aromatic rings. The second-order valence-electron chi connectivity index (χ2n) is 6.86. The van der Waals surface area contributed by atoms with E-state index < -0.39 is 0 Å². The lowest BCUT2D eigenvalue weighted by Gasteiger charge is -2.32. The molecule has 2 heterocycles. The number of benzene rings is 2. The van der Waals surface area contributed by atoms with Gasteiger partial charge in [-0.3, -0.25) is 4.79 Å². The molecule has 0 unspecified atom stereocenters. The number of aryl methyl sites for hydroxylation is 1. The lowest BCUT2D eigenvalue weighted by atomic mass is 10.1. The van der Waals surface area contributed by atoms with Crippen LogP contribution in [0.2, 0.25) is 5.02 Å². The van der Waals surface area contributed by atoms with E-state index in [1.165, 1.54) is 0 Å². The minimum Gasteiger partial charge on any atom is -0.496 e. The van der Waals surface area contributed by atoms with Crippen LogP contribution in [0.1, 0.15) is 28.8 Å². The summed E-state index contributed by atoms with van der Waals surface area (Å²) in [4.78, 5) is 19.3. The summed E-state index contributed by atoms with van der Waals surface area (Å²) in [6.07, 6.45) is 1.60. The summed E-state index contributed by atoms with van der Waals surface area (Å²) < 4.78 is 12.6. The molecule has 1 fully saturated rings. The number of halogens is 1. The first-order valence-corrected chi connectivity index (χ1v) is 10.4. The highest BCUT2D eigenvalue weighted by Crippen LogP contribution is 2.32. The number of likely N-dealkylation sites (tertiary alicyclic amines) is 1. The summed E-state index contributed by atoms with van der Waals surface area (Å²) in [6.45, 7) is 3.31. The summed E-state index contributed by atoms with van der Waals surface area (Å²) >= 11 is 7.63. The minimum absolute atomic E-state index is 0.0613. The van der Waals surface area contributed by atoms with Crippen molar-refractivity contribution in [2.45, 2.75) is 25.9 Å². The number of hydrogen-bond acceptors (Lipinski definition) is 5. The Bertz CT molecular complexity index is 1010. The average molecular weight is 417 g/mol. The summed E-state index contributed by atoms with van der Waals surface area (Å²) in [5.41, 5.74) is 2.65. The highest BCUT2D eigenvalue weighted by molar-refractivity contribution is 7.20.